The number of benzene rings is 1. The molecule has 0 aliphatic carbocycles. The van der Waals surface area contributed by atoms with Crippen LogP contribution < -0.4 is 5.43 Å². The predicted molar refractivity (Wildman–Crippen MR) is 53.0 cm³/mol. The third kappa shape index (κ3) is 3.86. The molecule has 0 unspecified atom stereocenters. The lowest BCUT2D eigenvalue weighted by atomic mass is 10.1. The Kier molecular flexibility index (Phi) is 5.24. The topological polar surface area (TPSA) is 72.2 Å². The van der Waals surface area contributed by atoms with Gasteiger partial charge in [0.2, 0.25) is 0 Å². The molecule has 14 heavy (non-hydrogen) atoms. The third-order valence-corrected chi connectivity index (χ3v) is 1.46. The number of nitrogens with zero attached hydrogens (tertiary/aromatic N) is 1. The number of carbonyl (C=O) groups is 1. The zero-order valence-corrected chi connectivity index (χ0v) is 7.99. The summed E-state index contributed by atoms with van der Waals surface area (Å²) in [6, 6.07) is 8.42. The standard InChI is InChI=1S/C8H8N2O3.ClH/c11-8(6-9-10(12)13)7-4-2-1-3-5-7;/h1-5,9H,6H2;1H. The number of nitro groups is 1. The van der Waals surface area contributed by atoms with Crippen LogP contribution in [-0.4, -0.2) is 17.4 Å². The highest BCUT2D eigenvalue weighted by Crippen LogP contribution is 1.98. The van der Waals surface area contributed by atoms with Gasteiger partial charge in [0.05, 0.1) is 0 Å². The molecule has 0 heterocycles. The second kappa shape index (κ2) is 5.93. The molecule has 76 valence electrons. The van der Waals surface area contributed by atoms with Gasteiger partial charge in [-0.15, -0.1) is 17.8 Å². The molecule has 0 bridgehead atoms. The number of carbonyl (C=O) groups excluding carboxylic acids is 1. The van der Waals surface area contributed by atoms with Crippen LogP contribution in [0.5, 0.6) is 0 Å². The van der Waals surface area contributed by atoms with Crippen molar-refractivity contribution in [3.8, 4) is 0 Å². The zero-order valence-electron chi connectivity index (χ0n) is 7.17. The number of halogens is 1. The molecule has 1 aromatic carbocycles. The number of hydrazine groups is 1. The van der Waals surface area contributed by atoms with Gasteiger partial charge in [-0.05, 0) is 0 Å². The van der Waals surface area contributed by atoms with Gasteiger partial charge < -0.3 is 0 Å². The minimum atomic E-state index is -0.735. The third-order valence-electron chi connectivity index (χ3n) is 1.46. The Morgan fingerprint density at radius 3 is 2.43 bits per heavy atom. The Bertz CT molecular complexity index is 316. The van der Waals surface area contributed by atoms with Crippen molar-refractivity contribution < 1.29 is 9.83 Å². The van der Waals surface area contributed by atoms with Crippen LogP contribution in [0.1, 0.15) is 10.4 Å². The molecular weight excluding hydrogens is 208 g/mol. The number of rotatable bonds is 4. The lowest BCUT2D eigenvalue weighted by Gasteiger charge is -1.97. The summed E-state index contributed by atoms with van der Waals surface area (Å²) in [7, 11) is 0. The predicted octanol–water partition coefficient (Wildman–Crippen LogP) is 1.07. The van der Waals surface area contributed by atoms with Crippen molar-refractivity contribution in [1.82, 2.24) is 5.43 Å². The van der Waals surface area contributed by atoms with Crippen LogP contribution in [0.4, 0.5) is 0 Å². The SMILES string of the molecule is Cl.O=C(CN[N+](=O)[O-])c1ccccc1. The smallest absolute Gasteiger partial charge is 0.187 e. The molecule has 0 aromatic heterocycles. The van der Waals surface area contributed by atoms with Crippen LogP contribution in [-0.2, 0) is 0 Å². The van der Waals surface area contributed by atoms with Crippen LogP contribution in [0.15, 0.2) is 30.3 Å². The van der Waals surface area contributed by atoms with E-state index in [0.29, 0.717) is 5.56 Å². The maximum Gasteiger partial charge on any atom is 0.187 e. The monoisotopic (exact) mass is 216 g/mol. The lowest BCUT2D eigenvalue weighted by Crippen LogP contribution is -2.28. The van der Waals surface area contributed by atoms with Crippen LogP contribution in [0.2, 0.25) is 0 Å². The van der Waals surface area contributed by atoms with Gasteiger partial charge in [0.15, 0.2) is 10.8 Å². The van der Waals surface area contributed by atoms with Crippen LogP contribution in [0.3, 0.4) is 0 Å². The van der Waals surface area contributed by atoms with Gasteiger partial charge in [-0.3, -0.25) is 4.79 Å². The van der Waals surface area contributed by atoms with Crippen molar-refractivity contribution in [2.75, 3.05) is 6.54 Å². The molecule has 1 aromatic rings. The van der Waals surface area contributed by atoms with E-state index in [0.717, 1.165) is 0 Å². The Morgan fingerprint density at radius 1 is 1.36 bits per heavy atom. The highest BCUT2D eigenvalue weighted by atomic mass is 35.5. The molecule has 0 aliphatic heterocycles. The van der Waals surface area contributed by atoms with E-state index >= 15 is 0 Å². The first-order valence-electron chi connectivity index (χ1n) is 3.66. The Hall–Kier alpha value is -1.62. The van der Waals surface area contributed by atoms with E-state index in [1.54, 1.807) is 30.3 Å². The summed E-state index contributed by atoms with van der Waals surface area (Å²) in [5.41, 5.74) is 2.29. The van der Waals surface area contributed by atoms with Gasteiger partial charge >= 0.3 is 0 Å². The second-order valence-electron chi connectivity index (χ2n) is 2.38. The highest BCUT2D eigenvalue weighted by molar-refractivity contribution is 5.97. The molecular formula is C8H9ClN2O3. The van der Waals surface area contributed by atoms with Crippen molar-refractivity contribution in [2.45, 2.75) is 0 Å². The number of nitrogens with one attached hydrogen (secondary N) is 1. The van der Waals surface area contributed by atoms with Gasteiger partial charge in [-0.25, -0.2) is 10.1 Å². The summed E-state index contributed by atoms with van der Waals surface area (Å²) in [5.74, 6) is -0.294. The minimum Gasteiger partial charge on any atom is -0.292 e. The highest BCUT2D eigenvalue weighted by Gasteiger charge is 2.06. The van der Waals surface area contributed by atoms with E-state index in [9.17, 15) is 14.9 Å². The van der Waals surface area contributed by atoms with Crippen molar-refractivity contribution >= 4 is 18.2 Å². The number of Topliss-reactive ketones (excluding diaryl/α,β-unsaturated/α-hetero) is 1. The second-order valence-corrected chi connectivity index (χ2v) is 2.38. The van der Waals surface area contributed by atoms with E-state index in [-0.39, 0.29) is 24.7 Å². The number of hydrogen-bond donors (Lipinski definition) is 1. The van der Waals surface area contributed by atoms with Gasteiger partial charge in [-0.1, -0.05) is 30.3 Å². The Balaban J connectivity index is 0.00000169. The summed E-state index contributed by atoms with van der Waals surface area (Å²) in [5, 5.41) is 9.14. The molecule has 0 spiro atoms. The number of ketones is 1. The van der Waals surface area contributed by atoms with Gasteiger partial charge in [0, 0.05) is 5.56 Å². The van der Waals surface area contributed by atoms with Crippen LogP contribution in [0, 0.1) is 10.1 Å². The maximum absolute atomic E-state index is 11.2. The van der Waals surface area contributed by atoms with Crippen molar-refractivity contribution in [2.24, 2.45) is 0 Å². The van der Waals surface area contributed by atoms with Crippen LogP contribution >= 0.6 is 12.4 Å². The molecule has 5 nitrogen and oxygen atoms in total. The van der Waals surface area contributed by atoms with Crippen molar-refractivity contribution in [3.63, 3.8) is 0 Å². The molecule has 0 saturated carbocycles. The summed E-state index contributed by atoms with van der Waals surface area (Å²) in [6.07, 6.45) is 0. The lowest BCUT2D eigenvalue weighted by molar-refractivity contribution is -0.541. The first-order valence-corrected chi connectivity index (χ1v) is 3.66. The van der Waals surface area contributed by atoms with Crippen LogP contribution in [0.25, 0.3) is 0 Å². The molecule has 1 N–H and O–H groups in total. The van der Waals surface area contributed by atoms with E-state index in [1.807, 2.05) is 5.43 Å². The minimum absolute atomic E-state index is 0. The average Bonchev–Trinajstić information content (AvgIpc) is 2.15. The largest absolute Gasteiger partial charge is 0.292 e. The first kappa shape index (κ1) is 12.4. The van der Waals surface area contributed by atoms with Gasteiger partial charge in [-0.2, -0.15) is 0 Å². The average molecular weight is 217 g/mol. The Labute approximate surface area is 86.6 Å². The normalized spacial score (nSPS) is 8.57. The molecule has 0 fully saturated rings. The fourth-order valence-corrected chi connectivity index (χ4v) is 0.862. The van der Waals surface area contributed by atoms with E-state index in [1.165, 1.54) is 0 Å². The maximum atomic E-state index is 11.2. The first-order chi connectivity index (χ1) is 6.20. The fraction of sp³-hybridized carbons (Fsp3) is 0.125. The van der Waals surface area contributed by atoms with Crippen molar-refractivity contribution in [3.05, 3.63) is 46.0 Å². The fourth-order valence-electron chi connectivity index (χ4n) is 0.862. The molecule has 6 heteroatoms. The summed E-state index contributed by atoms with van der Waals surface area (Å²) < 4.78 is 0. The Morgan fingerprint density at radius 2 is 1.93 bits per heavy atom. The van der Waals surface area contributed by atoms with E-state index < -0.39 is 5.03 Å². The summed E-state index contributed by atoms with van der Waals surface area (Å²) in [6.45, 7) is -0.281. The van der Waals surface area contributed by atoms with Gasteiger partial charge in [0.1, 0.15) is 6.54 Å². The molecule has 0 radical (unpaired) electrons. The molecule has 0 saturated heterocycles. The summed E-state index contributed by atoms with van der Waals surface area (Å²) >= 11 is 0. The molecule has 0 atom stereocenters. The van der Waals surface area contributed by atoms with Gasteiger partial charge in [0.25, 0.3) is 0 Å². The quantitative estimate of drug-likeness (QED) is 0.464. The van der Waals surface area contributed by atoms with E-state index in [2.05, 4.69) is 0 Å². The molecule has 0 amide bonds. The zero-order chi connectivity index (χ0) is 9.68. The van der Waals surface area contributed by atoms with Crippen molar-refractivity contribution in [1.29, 1.82) is 0 Å². The number of hydrogen-bond acceptors (Lipinski definition) is 3. The molecule has 1 rings (SSSR count). The van der Waals surface area contributed by atoms with E-state index in [4.69, 9.17) is 0 Å². The summed E-state index contributed by atoms with van der Waals surface area (Å²) in [4.78, 5) is 21.1. The molecule has 0 aliphatic rings.